The SMILES string of the molecule is C[C@H](CNC(=O)[C@@H](C)OC(=O)c1ccc(Cl)nc1)c1ccccc1. The van der Waals surface area contributed by atoms with Crippen molar-refractivity contribution in [2.75, 3.05) is 6.54 Å². The zero-order valence-corrected chi connectivity index (χ0v) is 14.3. The van der Waals surface area contributed by atoms with Gasteiger partial charge >= 0.3 is 5.97 Å². The summed E-state index contributed by atoms with van der Waals surface area (Å²) in [5, 5.41) is 3.08. The number of nitrogens with one attached hydrogen (secondary N) is 1. The minimum atomic E-state index is -0.892. The van der Waals surface area contributed by atoms with E-state index in [0.717, 1.165) is 5.56 Å². The lowest BCUT2D eigenvalue weighted by molar-refractivity contribution is -0.129. The molecule has 0 bridgehead atoms. The highest BCUT2D eigenvalue weighted by Gasteiger charge is 2.19. The van der Waals surface area contributed by atoms with Crippen LogP contribution in [0.3, 0.4) is 0 Å². The van der Waals surface area contributed by atoms with Crippen molar-refractivity contribution in [2.45, 2.75) is 25.9 Å². The molecule has 2 rings (SSSR count). The lowest BCUT2D eigenvalue weighted by Gasteiger charge is -2.16. The molecule has 1 heterocycles. The highest BCUT2D eigenvalue weighted by molar-refractivity contribution is 6.29. The van der Waals surface area contributed by atoms with E-state index < -0.39 is 12.1 Å². The van der Waals surface area contributed by atoms with Crippen LogP contribution in [0, 0.1) is 0 Å². The summed E-state index contributed by atoms with van der Waals surface area (Å²) in [6.45, 7) is 4.02. The molecule has 0 saturated carbocycles. The van der Waals surface area contributed by atoms with Crippen LogP contribution < -0.4 is 5.32 Å². The summed E-state index contributed by atoms with van der Waals surface area (Å²) in [5.41, 5.74) is 1.38. The largest absolute Gasteiger partial charge is 0.449 e. The summed E-state index contributed by atoms with van der Waals surface area (Å²) < 4.78 is 5.14. The summed E-state index contributed by atoms with van der Waals surface area (Å²) >= 11 is 5.67. The zero-order valence-electron chi connectivity index (χ0n) is 13.5. The number of aromatic nitrogens is 1. The lowest BCUT2D eigenvalue weighted by Crippen LogP contribution is -2.37. The van der Waals surface area contributed by atoms with Crippen LogP contribution in [-0.4, -0.2) is 29.5 Å². The molecule has 1 aromatic carbocycles. The van der Waals surface area contributed by atoms with Crippen LogP contribution in [0.5, 0.6) is 0 Å². The Labute approximate surface area is 146 Å². The third-order valence-corrected chi connectivity index (χ3v) is 3.79. The predicted molar refractivity (Wildman–Crippen MR) is 92.0 cm³/mol. The highest BCUT2D eigenvalue weighted by atomic mass is 35.5. The first-order valence-corrected chi connectivity index (χ1v) is 8.00. The molecule has 24 heavy (non-hydrogen) atoms. The van der Waals surface area contributed by atoms with Crippen molar-refractivity contribution < 1.29 is 14.3 Å². The molecule has 2 atom stereocenters. The maximum Gasteiger partial charge on any atom is 0.340 e. The van der Waals surface area contributed by atoms with Gasteiger partial charge in [0.2, 0.25) is 0 Å². The van der Waals surface area contributed by atoms with E-state index in [9.17, 15) is 9.59 Å². The van der Waals surface area contributed by atoms with Gasteiger partial charge in [-0.25, -0.2) is 9.78 Å². The maximum atomic E-state index is 12.1. The Morgan fingerprint density at radius 1 is 1.17 bits per heavy atom. The molecule has 0 aliphatic heterocycles. The maximum absolute atomic E-state index is 12.1. The molecule has 1 aromatic heterocycles. The molecule has 126 valence electrons. The van der Waals surface area contributed by atoms with Gasteiger partial charge in [-0.2, -0.15) is 0 Å². The number of ether oxygens (including phenoxy) is 1. The van der Waals surface area contributed by atoms with E-state index in [1.165, 1.54) is 25.3 Å². The fourth-order valence-electron chi connectivity index (χ4n) is 2.08. The van der Waals surface area contributed by atoms with Gasteiger partial charge in [-0.15, -0.1) is 0 Å². The first kappa shape index (κ1) is 17.9. The van der Waals surface area contributed by atoms with Gasteiger partial charge < -0.3 is 10.1 Å². The molecule has 0 radical (unpaired) electrons. The Bertz CT molecular complexity index is 689. The van der Waals surface area contributed by atoms with Gasteiger partial charge in [-0.3, -0.25) is 4.79 Å². The van der Waals surface area contributed by atoms with E-state index in [-0.39, 0.29) is 22.5 Å². The molecule has 0 aliphatic rings. The number of hydrogen-bond donors (Lipinski definition) is 1. The van der Waals surface area contributed by atoms with Crippen LogP contribution in [-0.2, 0) is 9.53 Å². The van der Waals surface area contributed by atoms with E-state index >= 15 is 0 Å². The van der Waals surface area contributed by atoms with Gasteiger partial charge in [0, 0.05) is 12.7 Å². The quantitative estimate of drug-likeness (QED) is 0.644. The average molecular weight is 347 g/mol. The Kier molecular flexibility index (Phi) is 6.32. The third kappa shape index (κ3) is 5.06. The third-order valence-electron chi connectivity index (χ3n) is 3.57. The molecular formula is C18H19ClN2O3. The minimum Gasteiger partial charge on any atom is -0.449 e. The molecule has 0 saturated heterocycles. The van der Waals surface area contributed by atoms with Gasteiger partial charge in [0.15, 0.2) is 6.10 Å². The van der Waals surface area contributed by atoms with Crippen molar-refractivity contribution in [3.05, 3.63) is 64.9 Å². The van der Waals surface area contributed by atoms with Crippen LogP contribution in [0.4, 0.5) is 0 Å². The van der Waals surface area contributed by atoms with Gasteiger partial charge in [-0.05, 0) is 30.5 Å². The number of carbonyl (C=O) groups excluding carboxylic acids is 2. The van der Waals surface area contributed by atoms with Crippen molar-refractivity contribution in [1.29, 1.82) is 0 Å². The van der Waals surface area contributed by atoms with Gasteiger partial charge in [0.25, 0.3) is 5.91 Å². The Balaban J connectivity index is 1.83. The average Bonchev–Trinajstić information content (AvgIpc) is 2.60. The number of nitrogens with zero attached hydrogens (tertiary/aromatic N) is 1. The number of benzene rings is 1. The number of esters is 1. The normalized spacial score (nSPS) is 13.0. The van der Waals surface area contributed by atoms with Crippen molar-refractivity contribution in [2.24, 2.45) is 0 Å². The van der Waals surface area contributed by atoms with Crippen molar-refractivity contribution in [3.63, 3.8) is 0 Å². The van der Waals surface area contributed by atoms with E-state index in [1.807, 2.05) is 37.3 Å². The second-order valence-electron chi connectivity index (χ2n) is 5.47. The molecular weight excluding hydrogens is 328 g/mol. The summed E-state index contributed by atoms with van der Waals surface area (Å²) in [7, 11) is 0. The number of carbonyl (C=O) groups is 2. The van der Waals surface area contributed by atoms with E-state index in [0.29, 0.717) is 6.54 Å². The molecule has 6 heteroatoms. The second-order valence-corrected chi connectivity index (χ2v) is 5.86. The summed E-state index contributed by atoms with van der Waals surface area (Å²) in [5.74, 6) is -0.788. The summed E-state index contributed by atoms with van der Waals surface area (Å²) in [6.07, 6.45) is 0.420. The monoisotopic (exact) mass is 346 g/mol. The number of halogens is 1. The molecule has 0 fully saturated rings. The lowest BCUT2D eigenvalue weighted by atomic mass is 10.0. The number of rotatable bonds is 6. The first-order chi connectivity index (χ1) is 11.5. The number of amides is 1. The second kappa shape index (κ2) is 8.45. The topological polar surface area (TPSA) is 68.3 Å². The smallest absolute Gasteiger partial charge is 0.340 e. The molecule has 0 spiro atoms. The first-order valence-electron chi connectivity index (χ1n) is 7.62. The molecule has 2 aromatic rings. The van der Waals surface area contributed by atoms with Crippen LogP contribution in [0.15, 0.2) is 48.7 Å². The molecule has 1 amide bonds. The van der Waals surface area contributed by atoms with Crippen LogP contribution >= 0.6 is 11.6 Å². The standard InChI is InChI=1S/C18H19ClN2O3/c1-12(14-6-4-3-5-7-14)10-21-17(22)13(2)24-18(23)15-8-9-16(19)20-11-15/h3-9,11-13H,10H2,1-2H3,(H,21,22)/t12-,13-/m1/s1. The van der Waals surface area contributed by atoms with Crippen molar-refractivity contribution >= 4 is 23.5 Å². The number of pyridine rings is 1. The summed E-state index contributed by atoms with van der Waals surface area (Å²) in [6, 6.07) is 12.9. The Morgan fingerprint density at radius 2 is 1.88 bits per heavy atom. The molecule has 0 aliphatic carbocycles. The van der Waals surface area contributed by atoms with E-state index in [1.54, 1.807) is 0 Å². The highest BCUT2D eigenvalue weighted by Crippen LogP contribution is 2.13. The number of hydrogen-bond acceptors (Lipinski definition) is 4. The minimum absolute atomic E-state index is 0.165. The van der Waals surface area contributed by atoms with Gasteiger partial charge in [0.05, 0.1) is 5.56 Å². The Morgan fingerprint density at radius 3 is 2.50 bits per heavy atom. The fraction of sp³-hybridized carbons (Fsp3) is 0.278. The van der Waals surface area contributed by atoms with Crippen molar-refractivity contribution in [3.8, 4) is 0 Å². The van der Waals surface area contributed by atoms with Gasteiger partial charge in [0.1, 0.15) is 5.15 Å². The van der Waals surface area contributed by atoms with E-state index in [4.69, 9.17) is 16.3 Å². The van der Waals surface area contributed by atoms with Crippen LogP contribution in [0.25, 0.3) is 0 Å². The van der Waals surface area contributed by atoms with Crippen LogP contribution in [0.2, 0.25) is 5.15 Å². The van der Waals surface area contributed by atoms with Crippen molar-refractivity contribution in [1.82, 2.24) is 10.3 Å². The molecule has 1 N–H and O–H groups in total. The Hall–Kier alpha value is -2.40. The zero-order chi connectivity index (χ0) is 17.5. The van der Waals surface area contributed by atoms with E-state index in [2.05, 4.69) is 10.3 Å². The summed E-state index contributed by atoms with van der Waals surface area (Å²) in [4.78, 5) is 27.8. The predicted octanol–water partition coefficient (Wildman–Crippen LogP) is 3.20. The van der Waals surface area contributed by atoms with Crippen LogP contribution in [0.1, 0.15) is 35.7 Å². The molecule has 0 unspecified atom stereocenters. The molecule has 5 nitrogen and oxygen atoms in total. The van der Waals surface area contributed by atoms with Gasteiger partial charge in [-0.1, -0.05) is 48.9 Å². The fourth-order valence-corrected chi connectivity index (χ4v) is 2.19.